The number of hydrogen-bond acceptors (Lipinski definition) is 4. The van der Waals surface area contributed by atoms with Crippen molar-refractivity contribution in [2.75, 3.05) is 20.1 Å². The Balaban J connectivity index is 2.39. The average molecular weight is 292 g/mol. The minimum Gasteiger partial charge on any atom is -0.390 e. The van der Waals surface area contributed by atoms with Gasteiger partial charge < -0.3 is 10.4 Å². The second-order valence-electron chi connectivity index (χ2n) is 4.39. The van der Waals surface area contributed by atoms with Gasteiger partial charge in [0.05, 0.1) is 12.1 Å². The molecule has 1 heterocycles. The van der Waals surface area contributed by atoms with E-state index in [0.29, 0.717) is 6.07 Å². The van der Waals surface area contributed by atoms with Gasteiger partial charge in [-0.05, 0) is 18.2 Å². The van der Waals surface area contributed by atoms with Crippen molar-refractivity contribution in [1.29, 1.82) is 0 Å². The maximum Gasteiger partial charge on any atom is 0.246 e. The molecule has 2 N–H and O–H groups in total. The SMILES string of the molecule is CN([C@H]1CNC[C@@H]1O)S(=O)(=O)c1cc(F)ccc1F. The molecule has 1 fully saturated rings. The Bertz CT molecular complexity index is 579. The Morgan fingerprint density at radius 1 is 1.37 bits per heavy atom. The third kappa shape index (κ3) is 2.62. The summed E-state index contributed by atoms with van der Waals surface area (Å²) < 4.78 is 51.9. The topological polar surface area (TPSA) is 69.6 Å². The van der Waals surface area contributed by atoms with Crippen LogP contribution in [-0.4, -0.2) is 50.1 Å². The standard InChI is InChI=1S/C11H14F2N2O3S/c1-15(9-5-14-6-10(9)16)19(17,18)11-4-7(12)2-3-8(11)13/h2-4,9-10,14,16H,5-6H2,1H3/t9-,10-/m0/s1. The number of aliphatic hydroxyl groups excluding tert-OH is 1. The predicted octanol–water partition coefficient (Wildman–Crippen LogP) is -0.0820. The number of aliphatic hydroxyl groups is 1. The molecule has 8 heteroatoms. The first-order valence-electron chi connectivity index (χ1n) is 5.66. The first-order valence-corrected chi connectivity index (χ1v) is 7.10. The number of β-amino-alcohol motifs (C(OH)–C–C–N with tert-alkyl or cyclic N) is 1. The van der Waals surface area contributed by atoms with Gasteiger partial charge >= 0.3 is 0 Å². The molecule has 106 valence electrons. The number of benzene rings is 1. The number of nitrogens with one attached hydrogen (secondary N) is 1. The third-order valence-corrected chi connectivity index (χ3v) is 5.07. The Morgan fingerprint density at radius 2 is 2.05 bits per heavy atom. The molecule has 1 aromatic rings. The maximum atomic E-state index is 13.6. The van der Waals surface area contributed by atoms with E-state index in [1.165, 1.54) is 7.05 Å². The summed E-state index contributed by atoms with van der Waals surface area (Å²) in [5.74, 6) is -1.85. The quantitative estimate of drug-likeness (QED) is 0.817. The van der Waals surface area contributed by atoms with Crippen LogP contribution in [-0.2, 0) is 10.0 Å². The van der Waals surface area contributed by atoms with E-state index in [-0.39, 0.29) is 13.1 Å². The number of nitrogens with zero attached hydrogens (tertiary/aromatic N) is 1. The molecule has 1 aromatic carbocycles. The fourth-order valence-electron chi connectivity index (χ4n) is 2.03. The van der Waals surface area contributed by atoms with Gasteiger partial charge in [0.2, 0.25) is 10.0 Å². The largest absolute Gasteiger partial charge is 0.390 e. The van der Waals surface area contributed by atoms with E-state index in [1.807, 2.05) is 0 Å². The van der Waals surface area contributed by atoms with Gasteiger partial charge in [0, 0.05) is 20.1 Å². The highest BCUT2D eigenvalue weighted by molar-refractivity contribution is 7.89. The van der Waals surface area contributed by atoms with Crippen molar-refractivity contribution < 1.29 is 22.3 Å². The molecular weight excluding hydrogens is 278 g/mol. The van der Waals surface area contributed by atoms with E-state index < -0.39 is 38.7 Å². The molecule has 5 nitrogen and oxygen atoms in total. The van der Waals surface area contributed by atoms with Crippen LogP contribution in [0.1, 0.15) is 0 Å². The highest BCUT2D eigenvalue weighted by atomic mass is 32.2. The lowest BCUT2D eigenvalue weighted by Gasteiger charge is -2.25. The summed E-state index contributed by atoms with van der Waals surface area (Å²) in [6, 6.07) is 1.54. The zero-order valence-corrected chi connectivity index (χ0v) is 11.0. The fraction of sp³-hybridized carbons (Fsp3) is 0.455. The molecule has 0 aromatic heterocycles. The van der Waals surface area contributed by atoms with Crippen molar-refractivity contribution in [3.05, 3.63) is 29.8 Å². The number of hydrogen-bond donors (Lipinski definition) is 2. The molecule has 1 aliphatic rings. The van der Waals surface area contributed by atoms with E-state index in [1.54, 1.807) is 0 Å². The van der Waals surface area contributed by atoms with Gasteiger partial charge in [-0.25, -0.2) is 17.2 Å². The lowest BCUT2D eigenvalue weighted by atomic mass is 10.2. The Labute approximate surface area is 109 Å². The highest BCUT2D eigenvalue weighted by Gasteiger charge is 2.36. The lowest BCUT2D eigenvalue weighted by Crippen LogP contribution is -2.44. The number of sulfonamides is 1. The highest BCUT2D eigenvalue weighted by Crippen LogP contribution is 2.22. The zero-order valence-electron chi connectivity index (χ0n) is 10.2. The summed E-state index contributed by atoms with van der Waals surface area (Å²) >= 11 is 0. The van der Waals surface area contributed by atoms with Crippen molar-refractivity contribution in [2.24, 2.45) is 0 Å². The molecule has 0 unspecified atom stereocenters. The van der Waals surface area contributed by atoms with Crippen molar-refractivity contribution in [1.82, 2.24) is 9.62 Å². The second-order valence-corrected chi connectivity index (χ2v) is 6.35. The van der Waals surface area contributed by atoms with Crippen LogP contribution in [0.5, 0.6) is 0 Å². The van der Waals surface area contributed by atoms with Gasteiger partial charge in [-0.3, -0.25) is 0 Å². The van der Waals surface area contributed by atoms with Crippen LogP contribution in [0.4, 0.5) is 8.78 Å². The maximum absolute atomic E-state index is 13.6. The minimum absolute atomic E-state index is 0.258. The van der Waals surface area contributed by atoms with Crippen LogP contribution in [0, 0.1) is 11.6 Å². The number of halogens is 2. The lowest BCUT2D eigenvalue weighted by molar-refractivity contribution is 0.136. The van der Waals surface area contributed by atoms with Crippen molar-refractivity contribution in [3.8, 4) is 0 Å². The number of rotatable bonds is 3. The Morgan fingerprint density at radius 3 is 2.63 bits per heavy atom. The van der Waals surface area contributed by atoms with E-state index >= 15 is 0 Å². The molecule has 1 saturated heterocycles. The second kappa shape index (κ2) is 5.12. The first-order chi connectivity index (χ1) is 8.84. The molecule has 19 heavy (non-hydrogen) atoms. The van der Waals surface area contributed by atoms with E-state index in [4.69, 9.17) is 0 Å². The molecule has 0 radical (unpaired) electrons. The van der Waals surface area contributed by atoms with E-state index in [9.17, 15) is 22.3 Å². The smallest absolute Gasteiger partial charge is 0.246 e. The Hall–Kier alpha value is -1.09. The summed E-state index contributed by atoms with van der Waals surface area (Å²) in [6.45, 7) is 0.518. The molecular formula is C11H14F2N2O3S. The third-order valence-electron chi connectivity index (χ3n) is 3.17. The molecule has 2 rings (SSSR count). The molecule has 0 saturated carbocycles. The van der Waals surface area contributed by atoms with Gasteiger partial charge in [0.1, 0.15) is 16.5 Å². The van der Waals surface area contributed by atoms with Crippen LogP contribution in [0.15, 0.2) is 23.1 Å². The monoisotopic (exact) mass is 292 g/mol. The summed E-state index contributed by atoms with van der Waals surface area (Å²) in [4.78, 5) is -0.728. The van der Waals surface area contributed by atoms with E-state index in [2.05, 4.69) is 5.32 Å². The van der Waals surface area contributed by atoms with Crippen LogP contribution >= 0.6 is 0 Å². The van der Waals surface area contributed by atoms with Gasteiger partial charge in [0.25, 0.3) is 0 Å². The van der Waals surface area contributed by atoms with Gasteiger partial charge in [-0.15, -0.1) is 0 Å². The number of likely N-dealkylation sites (N-methyl/N-ethyl adjacent to an activating group) is 1. The molecule has 0 aliphatic carbocycles. The molecule has 0 spiro atoms. The van der Waals surface area contributed by atoms with Gasteiger partial charge in [-0.2, -0.15) is 4.31 Å². The van der Waals surface area contributed by atoms with Crippen LogP contribution in [0.2, 0.25) is 0 Å². The van der Waals surface area contributed by atoms with Gasteiger partial charge in [0.15, 0.2) is 0 Å². The molecule has 0 amide bonds. The predicted molar refractivity (Wildman–Crippen MR) is 64.0 cm³/mol. The summed E-state index contributed by atoms with van der Waals surface area (Å²) in [6.07, 6.45) is -0.878. The van der Waals surface area contributed by atoms with Crippen molar-refractivity contribution in [3.63, 3.8) is 0 Å². The normalized spacial score (nSPS) is 24.1. The summed E-state index contributed by atoms with van der Waals surface area (Å²) in [5.41, 5.74) is 0. The Kier molecular flexibility index (Phi) is 3.86. The minimum atomic E-state index is -4.19. The average Bonchev–Trinajstić information content (AvgIpc) is 2.77. The first kappa shape index (κ1) is 14.3. The van der Waals surface area contributed by atoms with Gasteiger partial charge in [-0.1, -0.05) is 0 Å². The molecule has 1 aliphatic heterocycles. The van der Waals surface area contributed by atoms with Crippen LogP contribution in [0.25, 0.3) is 0 Å². The molecule has 2 atom stereocenters. The van der Waals surface area contributed by atoms with Crippen molar-refractivity contribution in [2.45, 2.75) is 17.0 Å². The van der Waals surface area contributed by atoms with Crippen LogP contribution in [0.3, 0.4) is 0 Å². The summed E-state index contributed by atoms with van der Waals surface area (Å²) in [5, 5.41) is 12.5. The van der Waals surface area contributed by atoms with Crippen LogP contribution < -0.4 is 5.32 Å². The zero-order chi connectivity index (χ0) is 14.2. The molecule has 0 bridgehead atoms. The fourth-order valence-corrected chi connectivity index (χ4v) is 3.49. The van der Waals surface area contributed by atoms with Crippen molar-refractivity contribution >= 4 is 10.0 Å². The van der Waals surface area contributed by atoms with E-state index in [0.717, 1.165) is 16.4 Å². The summed E-state index contributed by atoms with van der Waals surface area (Å²) in [7, 11) is -2.95.